The lowest BCUT2D eigenvalue weighted by molar-refractivity contribution is 0.862. The molecule has 1 aromatic heterocycles. The number of rotatable bonds is 1. The third kappa shape index (κ3) is 1.73. The normalized spacial score (nSPS) is 11.1. The number of fused-ring (bicyclic) bond motifs is 1. The number of pyridine rings is 1. The van der Waals surface area contributed by atoms with E-state index in [0.29, 0.717) is 5.92 Å². The molecule has 0 aliphatic heterocycles. The minimum Gasteiger partial charge on any atom is -0.256 e. The topological polar surface area (TPSA) is 12.9 Å². The monoisotopic (exact) mass is 205 g/mol. The second-order valence-corrected chi connectivity index (χ2v) is 4.20. The third-order valence-electron chi connectivity index (χ3n) is 2.33. The molecule has 0 aliphatic rings. The summed E-state index contributed by atoms with van der Waals surface area (Å²) in [4.78, 5) is 4.38. The fourth-order valence-electron chi connectivity index (χ4n) is 1.43. The van der Waals surface area contributed by atoms with Crippen LogP contribution in [0.25, 0.3) is 10.9 Å². The summed E-state index contributed by atoms with van der Waals surface area (Å²) in [6.45, 7) is 4.33. The minimum absolute atomic E-state index is 0.516. The van der Waals surface area contributed by atoms with E-state index in [9.17, 15) is 0 Å². The molecule has 0 unspecified atom stereocenters. The van der Waals surface area contributed by atoms with Crippen LogP contribution in [0.2, 0.25) is 5.02 Å². The van der Waals surface area contributed by atoms with Gasteiger partial charge < -0.3 is 0 Å². The largest absolute Gasteiger partial charge is 0.256 e. The summed E-state index contributed by atoms with van der Waals surface area (Å²) in [5.41, 5.74) is 2.22. The van der Waals surface area contributed by atoms with Crippen molar-refractivity contribution in [3.63, 3.8) is 0 Å². The molecule has 0 saturated carbocycles. The Morgan fingerprint density at radius 2 is 2.00 bits per heavy atom. The van der Waals surface area contributed by atoms with E-state index in [4.69, 9.17) is 11.6 Å². The number of benzene rings is 1. The molecule has 72 valence electrons. The molecule has 0 N–H and O–H groups in total. The van der Waals surface area contributed by atoms with Crippen molar-refractivity contribution in [2.45, 2.75) is 19.8 Å². The third-order valence-corrected chi connectivity index (χ3v) is 2.57. The van der Waals surface area contributed by atoms with Gasteiger partial charge >= 0.3 is 0 Å². The van der Waals surface area contributed by atoms with Gasteiger partial charge in [-0.25, -0.2) is 0 Å². The zero-order chi connectivity index (χ0) is 10.1. The van der Waals surface area contributed by atoms with Crippen LogP contribution in [-0.4, -0.2) is 4.98 Å². The van der Waals surface area contributed by atoms with Crippen molar-refractivity contribution in [1.29, 1.82) is 0 Å². The van der Waals surface area contributed by atoms with Gasteiger partial charge in [0.05, 0.1) is 5.52 Å². The first-order chi connectivity index (χ1) is 6.66. The van der Waals surface area contributed by atoms with E-state index in [-0.39, 0.29) is 0 Å². The summed E-state index contributed by atoms with van der Waals surface area (Å²) >= 11 is 5.88. The van der Waals surface area contributed by atoms with Crippen molar-refractivity contribution in [3.8, 4) is 0 Å². The number of hydrogen-bond acceptors (Lipinski definition) is 1. The van der Waals surface area contributed by atoms with Crippen LogP contribution in [0.3, 0.4) is 0 Å². The SMILES string of the molecule is CC(C)c1cnc2cc(Cl)ccc2c1. The molecule has 0 saturated heterocycles. The van der Waals surface area contributed by atoms with Crippen LogP contribution in [0.4, 0.5) is 0 Å². The lowest BCUT2D eigenvalue weighted by Gasteiger charge is -2.05. The smallest absolute Gasteiger partial charge is 0.0716 e. The summed E-state index contributed by atoms with van der Waals surface area (Å²) < 4.78 is 0. The van der Waals surface area contributed by atoms with E-state index in [1.807, 2.05) is 24.4 Å². The van der Waals surface area contributed by atoms with Gasteiger partial charge in [-0.1, -0.05) is 31.5 Å². The maximum Gasteiger partial charge on any atom is 0.0716 e. The van der Waals surface area contributed by atoms with Gasteiger partial charge in [-0.05, 0) is 29.7 Å². The van der Waals surface area contributed by atoms with Gasteiger partial charge in [0.2, 0.25) is 0 Å². The molecular formula is C12H12ClN. The van der Waals surface area contributed by atoms with Gasteiger partial charge in [0.15, 0.2) is 0 Å². The quantitative estimate of drug-likeness (QED) is 0.686. The Morgan fingerprint density at radius 3 is 2.71 bits per heavy atom. The van der Waals surface area contributed by atoms with Crippen LogP contribution in [0.1, 0.15) is 25.3 Å². The van der Waals surface area contributed by atoms with E-state index in [2.05, 4.69) is 24.9 Å². The Morgan fingerprint density at radius 1 is 1.21 bits per heavy atom. The van der Waals surface area contributed by atoms with Gasteiger partial charge in [-0.15, -0.1) is 0 Å². The molecule has 2 aromatic rings. The Balaban J connectivity index is 2.62. The molecule has 0 radical (unpaired) electrons. The molecule has 0 spiro atoms. The molecule has 2 heteroatoms. The van der Waals surface area contributed by atoms with E-state index < -0.39 is 0 Å². The number of nitrogens with zero attached hydrogens (tertiary/aromatic N) is 1. The second kappa shape index (κ2) is 3.58. The van der Waals surface area contributed by atoms with Crippen LogP contribution in [0.15, 0.2) is 30.5 Å². The molecular weight excluding hydrogens is 194 g/mol. The fourth-order valence-corrected chi connectivity index (χ4v) is 1.59. The number of halogens is 1. The van der Waals surface area contributed by atoms with Crippen LogP contribution in [0, 0.1) is 0 Å². The van der Waals surface area contributed by atoms with Crippen LogP contribution < -0.4 is 0 Å². The summed E-state index contributed by atoms with van der Waals surface area (Å²) in [6.07, 6.45) is 1.92. The Hall–Kier alpha value is -1.08. The first-order valence-corrected chi connectivity index (χ1v) is 5.10. The molecule has 0 fully saturated rings. The van der Waals surface area contributed by atoms with Crippen molar-refractivity contribution >= 4 is 22.5 Å². The molecule has 14 heavy (non-hydrogen) atoms. The number of aromatic nitrogens is 1. The molecule has 0 aliphatic carbocycles. The van der Waals surface area contributed by atoms with Crippen LogP contribution in [0.5, 0.6) is 0 Å². The Bertz CT molecular complexity index is 463. The maximum atomic E-state index is 5.88. The van der Waals surface area contributed by atoms with Crippen LogP contribution >= 0.6 is 11.6 Å². The molecule has 0 amide bonds. The summed E-state index contributed by atoms with van der Waals surface area (Å²) in [5, 5.41) is 1.89. The lowest BCUT2D eigenvalue weighted by Crippen LogP contribution is -1.89. The van der Waals surface area contributed by atoms with E-state index >= 15 is 0 Å². The molecule has 1 aromatic carbocycles. The lowest BCUT2D eigenvalue weighted by atomic mass is 10.0. The van der Waals surface area contributed by atoms with Crippen molar-refractivity contribution < 1.29 is 0 Å². The maximum absolute atomic E-state index is 5.88. The predicted octanol–water partition coefficient (Wildman–Crippen LogP) is 4.01. The van der Waals surface area contributed by atoms with Gasteiger partial charge in [-0.2, -0.15) is 0 Å². The van der Waals surface area contributed by atoms with Crippen molar-refractivity contribution in [2.75, 3.05) is 0 Å². The first-order valence-electron chi connectivity index (χ1n) is 4.72. The van der Waals surface area contributed by atoms with E-state index in [0.717, 1.165) is 15.9 Å². The molecule has 0 bridgehead atoms. The van der Waals surface area contributed by atoms with Gasteiger partial charge in [0.25, 0.3) is 0 Å². The standard InChI is InChI=1S/C12H12ClN/c1-8(2)10-5-9-3-4-11(13)6-12(9)14-7-10/h3-8H,1-2H3. The first kappa shape index (κ1) is 9.47. The van der Waals surface area contributed by atoms with E-state index in [1.165, 1.54) is 5.56 Å². The van der Waals surface area contributed by atoms with Crippen molar-refractivity contribution in [3.05, 3.63) is 41.0 Å². The average molecular weight is 206 g/mol. The Labute approximate surface area is 88.7 Å². The second-order valence-electron chi connectivity index (χ2n) is 3.76. The highest BCUT2D eigenvalue weighted by atomic mass is 35.5. The van der Waals surface area contributed by atoms with Crippen molar-refractivity contribution in [2.24, 2.45) is 0 Å². The van der Waals surface area contributed by atoms with Gasteiger partial charge in [0, 0.05) is 16.6 Å². The van der Waals surface area contributed by atoms with Crippen molar-refractivity contribution in [1.82, 2.24) is 4.98 Å². The summed E-state index contributed by atoms with van der Waals surface area (Å²) in [7, 11) is 0. The van der Waals surface area contributed by atoms with Gasteiger partial charge in [-0.3, -0.25) is 4.98 Å². The highest BCUT2D eigenvalue weighted by Crippen LogP contribution is 2.21. The summed E-state index contributed by atoms with van der Waals surface area (Å²) in [5.74, 6) is 0.516. The molecule has 1 heterocycles. The predicted molar refractivity (Wildman–Crippen MR) is 60.8 cm³/mol. The zero-order valence-corrected chi connectivity index (χ0v) is 9.05. The van der Waals surface area contributed by atoms with E-state index in [1.54, 1.807) is 0 Å². The average Bonchev–Trinajstić information content (AvgIpc) is 2.16. The molecule has 0 atom stereocenters. The highest BCUT2D eigenvalue weighted by molar-refractivity contribution is 6.31. The minimum atomic E-state index is 0.516. The molecule has 2 rings (SSSR count). The zero-order valence-electron chi connectivity index (χ0n) is 8.29. The number of hydrogen-bond donors (Lipinski definition) is 0. The summed E-state index contributed by atoms with van der Waals surface area (Å²) in [6, 6.07) is 7.97. The highest BCUT2D eigenvalue weighted by Gasteiger charge is 2.01. The van der Waals surface area contributed by atoms with Gasteiger partial charge in [0.1, 0.15) is 0 Å². The molecule has 1 nitrogen and oxygen atoms in total. The fraction of sp³-hybridized carbons (Fsp3) is 0.250. The Kier molecular flexibility index (Phi) is 2.42. The van der Waals surface area contributed by atoms with Crippen LogP contribution in [-0.2, 0) is 0 Å².